The molecule has 0 aliphatic carbocycles. The van der Waals surface area contributed by atoms with E-state index in [1.165, 1.54) is 0 Å². The quantitative estimate of drug-likeness (QED) is 0.434. The van der Waals surface area contributed by atoms with Gasteiger partial charge in [-0.3, -0.25) is 0 Å². The fraction of sp³-hybridized carbons (Fsp3) is 0. The van der Waals surface area contributed by atoms with Gasteiger partial charge in [0.2, 0.25) is 0 Å². The van der Waals surface area contributed by atoms with E-state index in [9.17, 15) is 0 Å². The van der Waals surface area contributed by atoms with Crippen molar-refractivity contribution in [2.75, 3.05) is 0 Å². The van der Waals surface area contributed by atoms with Crippen LogP contribution in [0.15, 0.2) is 0 Å². The zero-order chi connectivity index (χ0) is 0. The summed E-state index contributed by atoms with van der Waals surface area (Å²) >= 11 is 0. The van der Waals surface area contributed by atoms with Gasteiger partial charge in [-0.2, -0.15) is 0 Å². The van der Waals surface area contributed by atoms with Crippen molar-refractivity contribution in [2.24, 2.45) is 0 Å². The topological polar surface area (TPSA) is 61.0 Å². The summed E-state index contributed by atoms with van der Waals surface area (Å²) in [7, 11) is 0. The second-order valence-corrected chi connectivity index (χ2v) is 0. The third-order valence-electron chi connectivity index (χ3n) is 0. The van der Waals surface area contributed by atoms with Gasteiger partial charge < -0.3 is 12.3 Å². The first kappa shape index (κ1) is 52.3. The van der Waals surface area contributed by atoms with E-state index < -0.39 is 0 Å². The zero-order valence-electron chi connectivity index (χ0n) is 2.05. The van der Waals surface area contributed by atoms with Gasteiger partial charge in [-0.05, 0) is 0 Å². The van der Waals surface area contributed by atoms with E-state index in [1.54, 1.807) is 0 Å². The summed E-state index contributed by atoms with van der Waals surface area (Å²) in [6.45, 7) is 0. The first-order valence-corrected chi connectivity index (χ1v) is 0. The predicted molar refractivity (Wildman–Crippen MR) is 12.5 cm³/mol. The molecule has 0 radical (unpaired) electrons. The Balaban J connectivity index is 0. The molecule has 0 amide bonds. The van der Waals surface area contributed by atoms with E-state index in [-0.39, 0.29) is 57.9 Å². The molecule has 0 aliphatic heterocycles. The fourth-order valence-electron chi connectivity index (χ4n) is 0. The Kier molecular flexibility index (Phi) is 334. The molecule has 0 N–H and O–H groups in total. The second-order valence-electron chi connectivity index (χ2n) is 0. The van der Waals surface area contributed by atoms with Gasteiger partial charge in [0.05, 0.1) is 0 Å². The van der Waals surface area contributed by atoms with Crippen molar-refractivity contribution < 1.29 is 25.8 Å². The van der Waals surface area contributed by atoms with Crippen LogP contribution in [0, 0.1) is 0 Å². The minimum Gasteiger partial charge on any atom is -3.00 e. The van der Waals surface area contributed by atoms with Gasteiger partial charge in [-0.15, -0.1) is 0 Å². The molecule has 0 spiro atoms. The Morgan fingerprint density at radius 3 is 0.750 bits per heavy atom. The molecule has 0 saturated carbocycles. The van der Waals surface area contributed by atoms with Crippen LogP contribution in [0.3, 0.4) is 0 Å². The maximum Gasteiger partial charge on any atom is 3.00 e. The normalized spacial score (nSPS) is 0. The first-order chi connectivity index (χ1) is 0. The van der Waals surface area contributed by atoms with Crippen LogP contribution in [0.25, 0.3) is 12.3 Å². The summed E-state index contributed by atoms with van der Waals surface area (Å²) in [4.78, 5) is 0. The molecule has 0 unspecified atom stereocenters. The van der Waals surface area contributed by atoms with Crippen LogP contribution in [-0.4, -0.2) is 19.8 Å². The molecular weight excluding hydrogens is 143 g/mol. The van der Waals surface area contributed by atoms with Gasteiger partial charge in [0, 0.05) is 0 Å². The van der Waals surface area contributed by atoms with Crippen molar-refractivity contribution >= 4 is 19.8 Å². The third kappa shape index (κ3) is 9.91. The number of hydrogen-bond donors (Lipinski definition) is 0. The molecular formula is GaN2Sc. The standard InChI is InChI=1S/Ga.2N.Sc/q+3;2*-3;+3. The maximum atomic E-state index is 0. The van der Waals surface area contributed by atoms with Crippen molar-refractivity contribution in [1.29, 1.82) is 0 Å². The van der Waals surface area contributed by atoms with Gasteiger partial charge >= 0.3 is 45.6 Å². The van der Waals surface area contributed by atoms with Gasteiger partial charge in [0.15, 0.2) is 0 Å². The second kappa shape index (κ2) is 25.5. The van der Waals surface area contributed by atoms with Crippen LogP contribution in [-0.2, 0) is 25.8 Å². The number of hydrogen-bond acceptors (Lipinski definition) is 0. The summed E-state index contributed by atoms with van der Waals surface area (Å²) in [6.07, 6.45) is 0. The van der Waals surface area contributed by atoms with Crippen molar-refractivity contribution in [3.05, 3.63) is 12.3 Å². The summed E-state index contributed by atoms with van der Waals surface area (Å²) in [5.74, 6) is 0. The van der Waals surface area contributed by atoms with Crippen LogP contribution in [0.1, 0.15) is 0 Å². The van der Waals surface area contributed by atoms with Gasteiger partial charge in [0.25, 0.3) is 0 Å². The summed E-state index contributed by atoms with van der Waals surface area (Å²) < 4.78 is 0. The Bertz CT molecular complexity index is 6.00. The molecule has 0 fully saturated rings. The van der Waals surface area contributed by atoms with E-state index >= 15 is 0 Å². The predicted octanol–water partition coefficient (Wildman–Crippen LogP) is 0.194. The third-order valence-corrected chi connectivity index (χ3v) is 0. The molecule has 0 bridgehead atoms. The minimum atomic E-state index is 0. The monoisotopic (exact) mass is 142 g/mol. The fourth-order valence-corrected chi connectivity index (χ4v) is 0. The van der Waals surface area contributed by atoms with E-state index in [4.69, 9.17) is 0 Å². The van der Waals surface area contributed by atoms with Gasteiger partial charge in [0.1, 0.15) is 0 Å². The van der Waals surface area contributed by atoms with Gasteiger partial charge in [-0.25, -0.2) is 0 Å². The Morgan fingerprint density at radius 1 is 0.750 bits per heavy atom. The van der Waals surface area contributed by atoms with Crippen molar-refractivity contribution in [3.63, 3.8) is 0 Å². The Morgan fingerprint density at radius 2 is 0.750 bits per heavy atom. The van der Waals surface area contributed by atoms with Crippen molar-refractivity contribution in [1.82, 2.24) is 0 Å². The molecule has 0 aliphatic rings. The molecule has 0 aromatic carbocycles. The van der Waals surface area contributed by atoms with E-state index in [2.05, 4.69) is 0 Å². The van der Waals surface area contributed by atoms with Crippen LogP contribution >= 0.6 is 0 Å². The van der Waals surface area contributed by atoms with Crippen molar-refractivity contribution in [2.45, 2.75) is 0 Å². The van der Waals surface area contributed by atoms with E-state index in [0.29, 0.717) is 0 Å². The Hall–Kier alpha value is 1.43. The van der Waals surface area contributed by atoms with Crippen LogP contribution in [0.2, 0.25) is 0 Å². The zero-order valence-corrected chi connectivity index (χ0v) is 6.27. The SMILES string of the molecule is [Ga+3].[N-3].[N-3].[Sc+3]. The molecule has 2 nitrogen and oxygen atoms in total. The van der Waals surface area contributed by atoms with Crippen LogP contribution in [0.4, 0.5) is 0 Å². The molecule has 4 heteroatoms. The van der Waals surface area contributed by atoms with Crippen LogP contribution < -0.4 is 0 Å². The molecule has 0 rings (SSSR count). The first-order valence-electron chi connectivity index (χ1n) is 0. The minimum absolute atomic E-state index is 0. The number of nitrogens with zero attached hydrogens (tertiary/aromatic N) is 2. The largest absolute Gasteiger partial charge is 3.00 e. The van der Waals surface area contributed by atoms with E-state index in [0.717, 1.165) is 0 Å². The van der Waals surface area contributed by atoms with Crippen molar-refractivity contribution in [3.8, 4) is 0 Å². The Labute approximate surface area is 57.7 Å². The average molecular weight is 143 g/mol. The molecule has 0 saturated heterocycles. The molecule has 0 heterocycles. The maximum absolute atomic E-state index is 0. The molecule has 16 valence electrons. The molecule has 0 atom stereocenters. The molecule has 4 heavy (non-hydrogen) atoms. The summed E-state index contributed by atoms with van der Waals surface area (Å²) in [5.41, 5.74) is 0. The molecule has 0 aromatic heterocycles. The van der Waals surface area contributed by atoms with E-state index in [1.807, 2.05) is 0 Å². The number of rotatable bonds is 0. The smallest absolute Gasteiger partial charge is 3.00 e. The molecule has 0 aromatic rings. The summed E-state index contributed by atoms with van der Waals surface area (Å²) in [6, 6.07) is 0. The van der Waals surface area contributed by atoms with Crippen LogP contribution in [0.5, 0.6) is 0 Å². The van der Waals surface area contributed by atoms with Gasteiger partial charge in [-0.1, -0.05) is 0 Å². The average Bonchev–Trinajstić information content (AvgIpc) is 0. The summed E-state index contributed by atoms with van der Waals surface area (Å²) in [5, 5.41) is 0.